The fourth-order valence-electron chi connectivity index (χ4n) is 1.19. The first-order valence-corrected chi connectivity index (χ1v) is 5.99. The molecule has 0 saturated carbocycles. The molecule has 90 valence electrons. The van der Waals surface area contributed by atoms with Crippen LogP contribution in [0, 0.1) is 0 Å². The van der Waals surface area contributed by atoms with E-state index >= 15 is 0 Å². The Morgan fingerprint density at radius 1 is 1.41 bits per heavy atom. The van der Waals surface area contributed by atoms with Gasteiger partial charge >= 0.3 is 5.97 Å². The standard InChI is InChI=1S/C7H7N5O4S/c13-4(14)1-17(15,16)12-7-5-6(9-2-8-5)10-3-11-7/h2-3H,1H2,(H,13,14)(H2,8,9,10,11,12). The second-order valence-corrected chi connectivity index (χ2v) is 4.80. The molecule has 2 rings (SSSR count). The molecule has 3 N–H and O–H groups in total. The summed E-state index contributed by atoms with van der Waals surface area (Å²) in [5.41, 5.74) is 0.578. The van der Waals surface area contributed by atoms with Crippen LogP contribution in [0.3, 0.4) is 0 Å². The second-order valence-electron chi connectivity index (χ2n) is 3.08. The average molecular weight is 257 g/mol. The van der Waals surface area contributed by atoms with Gasteiger partial charge in [0.05, 0.1) is 6.33 Å². The van der Waals surface area contributed by atoms with E-state index in [0.717, 1.165) is 6.33 Å². The third-order valence-corrected chi connectivity index (χ3v) is 2.92. The zero-order valence-corrected chi connectivity index (χ0v) is 9.10. The van der Waals surface area contributed by atoms with Crippen molar-refractivity contribution in [2.24, 2.45) is 0 Å². The van der Waals surface area contributed by atoms with Crippen LogP contribution in [0.4, 0.5) is 5.82 Å². The number of nitrogens with one attached hydrogen (secondary N) is 2. The fraction of sp³-hybridized carbons (Fsp3) is 0.143. The Hall–Kier alpha value is -2.23. The smallest absolute Gasteiger partial charge is 0.320 e. The minimum Gasteiger partial charge on any atom is -0.480 e. The van der Waals surface area contributed by atoms with Crippen molar-refractivity contribution in [1.82, 2.24) is 19.9 Å². The zero-order chi connectivity index (χ0) is 12.5. The lowest BCUT2D eigenvalue weighted by Crippen LogP contribution is -2.23. The fourth-order valence-corrected chi connectivity index (χ4v) is 2.03. The zero-order valence-electron chi connectivity index (χ0n) is 8.28. The van der Waals surface area contributed by atoms with Crippen LogP contribution in [0.2, 0.25) is 0 Å². The van der Waals surface area contributed by atoms with Gasteiger partial charge in [0.15, 0.2) is 17.2 Å². The number of aliphatic carboxylic acids is 1. The Balaban J connectivity index is 2.36. The van der Waals surface area contributed by atoms with Crippen LogP contribution < -0.4 is 4.72 Å². The summed E-state index contributed by atoms with van der Waals surface area (Å²) in [7, 11) is -3.99. The van der Waals surface area contributed by atoms with Crippen LogP contribution in [0.5, 0.6) is 0 Å². The van der Waals surface area contributed by atoms with Crippen molar-refractivity contribution < 1.29 is 18.3 Å². The van der Waals surface area contributed by atoms with Crippen molar-refractivity contribution in [3.63, 3.8) is 0 Å². The van der Waals surface area contributed by atoms with E-state index in [9.17, 15) is 13.2 Å². The van der Waals surface area contributed by atoms with E-state index in [1.807, 2.05) is 4.72 Å². The predicted octanol–water partition coefficient (Wildman–Crippen LogP) is -0.821. The summed E-state index contributed by atoms with van der Waals surface area (Å²) >= 11 is 0. The molecule has 0 radical (unpaired) electrons. The quantitative estimate of drug-likeness (QED) is 0.650. The molecule has 10 heteroatoms. The maximum absolute atomic E-state index is 11.4. The number of aromatic nitrogens is 4. The van der Waals surface area contributed by atoms with Crippen molar-refractivity contribution in [3.05, 3.63) is 12.7 Å². The van der Waals surface area contributed by atoms with Crippen molar-refractivity contribution in [3.8, 4) is 0 Å². The summed E-state index contributed by atoms with van der Waals surface area (Å²) < 4.78 is 24.8. The van der Waals surface area contributed by atoms with Gasteiger partial charge in [0.2, 0.25) is 10.0 Å². The van der Waals surface area contributed by atoms with Crippen LogP contribution in [-0.4, -0.2) is 45.2 Å². The lowest BCUT2D eigenvalue weighted by Gasteiger charge is -2.04. The molecule has 2 aromatic rings. The number of fused-ring (bicyclic) bond motifs is 1. The average Bonchev–Trinajstić information content (AvgIpc) is 2.63. The SMILES string of the molecule is O=C(O)CS(=O)(=O)Nc1ncnc2nc[nH]c12. The minimum absolute atomic E-state index is 0.0336. The van der Waals surface area contributed by atoms with Crippen molar-refractivity contribution in [1.29, 1.82) is 0 Å². The van der Waals surface area contributed by atoms with Crippen molar-refractivity contribution in [2.45, 2.75) is 0 Å². The number of nitrogens with zero attached hydrogens (tertiary/aromatic N) is 3. The lowest BCUT2D eigenvalue weighted by atomic mass is 10.5. The van der Waals surface area contributed by atoms with Gasteiger partial charge in [-0.05, 0) is 0 Å². The Morgan fingerprint density at radius 3 is 2.88 bits per heavy atom. The molecule has 2 aromatic heterocycles. The van der Waals surface area contributed by atoms with Crippen LogP contribution in [0.1, 0.15) is 0 Å². The molecular weight excluding hydrogens is 250 g/mol. The molecular formula is C7H7N5O4S. The molecule has 9 nitrogen and oxygen atoms in total. The Morgan fingerprint density at radius 2 is 2.18 bits per heavy atom. The number of carboxylic acid groups (broad SMARTS) is 1. The highest BCUT2D eigenvalue weighted by Crippen LogP contribution is 2.15. The molecule has 0 aromatic carbocycles. The van der Waals surface area contributed by atoms with Gasteiger partial charge in [-0.1, -0.05) is 0 Å². The Labute approximate surface area is 95.0 Å². The summed E-state index contributed by atoms with van der Waals surface area (Å²) in [6.07, 6.45) is 2.45. The molecule has 2 heterocycles. The van der Waals surface area contributed by atoms with Crippen LogP contribution in [0.25, 0.3) is 11.2 Å². The van der Waals surface area contributed by atoms with Gasteiger partial charge in [-0.2, -0.15) is 0 Å². The molecule has 0 aliphatic heterocycles. The van der Waals surface area contributed by atoms with Gasteiger partial charge in [-0.25, -0.2) is 23.4 Å². The number of carboxylic acids is 1. The van der Waals surface area contributed by atoms with E-state index in [4.69, 9.17) is 5.11 Å². The highest BCUT2D eigenvalue weighted by Gasteiger charge is 2.18. The van der Waals surface area contributed by atoms with Gasteiger partial charge in [-0.15, -0.1) is 0 Å². The monoisotopic (exact) mass is 257 g/mol. The maximum Gasteiger partial charge on any atom is 0.320 e. The van der Waals surface area contributed by atoms with E-state index < -0.39 is 21.7 Å². The number of aromatic amines is 1. The Kier molecular flexibility index (Phi) is 2.63. The number of sulfonamides is 1. The molecule has 0 atom stereocenters. The number of hydrogen-bond acceptors (Lipinski definition) is 6. The third-order valence-electron chi connectivity index (χ3n) is 1.79. The van der Waals surface area contributed by atoms with Gasteiger partial charge in [0.1, 0.15) is 11.8 Å². The molecule has 0 spiro atoms. The molecule has 0 aliphatic rings. The minimum atomic E-state index is -3.99. The number of hydrogen-bond donors (Lipinski definition) is 3. The first-order chi connectivity index (χ1) is 7.98. The van der Waals surface area contributed by atoms with Crippen molar-refractivity contribution >= 4 is 33.0 Å². The molecule has 0 fully saturated rings. The summed E-state index contributed by atoms with van der Waals surface area (Å²) in [5.74, 6) is -2.52. The van der Waals surface area contributed by atoms with Crippen molar-refractivity contribution in [2.75, 3.05) is 10.5 Å². The van der Waals surface area contributed by atoms with E-state index in [0.29, 0.717) is 5.52 Å². The summed E-state index contributed by atoms with van der Waals surface area (Å²) in [5, 5.41) is 8.43. The largest absolute Gasteiger partial charge is 0.480 e. The number of imidazole rings is 1. The lowest BCUT2D eigenvalue weighted by molar-refractivity contribution is -0.134. The second kappa shape index (κ2) is 3.97. The summed E-state index contributed by atoms with van der Waals surface area (Å²) in [4.78, 5) is 24.3. The van der Waals surface area contributed by atoms with Crippen LogP contribution >= 0.6 is 0 Å². The molecule has 0 amide bonds. The first kappa shape index (κ1) is 11.3. The highest BCUT2D eigenvalue weighted by atomic mass is 32.2. The summed E-state index contributed by atoms with van der Waals surface area (Å²) in [6, 6.07) is 0. The number of anilines is 1. The van der Waals surface area contributed by atoms with E-state index in [1.165, 1.54) is 6.33 Å². The van der Waals surface area contributed by atoms with E-state index in [1.54, 1.807) is 0 Å². The normalized spacial score (nSPS) is 11.5. The first-order valence-electron chi connectivity index (χ1n) is 4.34. The van der Waals surface area contributed by atoms with E-state index in [-0.39, 0.29) is 11.5 Å². The molecule has 0 unspecified atom stereocenters. The number of rotatable bonds is 4. The predicted molar refractivity (Wildman–Crippen MR) is 56.7 cm³/mol. The number of H-pyrrole nitrogens is 1. The summed E-state index contributed by atoms with van der Waals surface area (Å²) in [6.45, 7) is 0. The number of carbonyl (C=O) groups is 1. The molecule has 0 bridgehead atoms. The maximum atomic E-state index is 11.4. The van der Waals surface area contributed by atoms with Gasteiger partial charge in [-0.3, -0.25) is 9.52 Å². The molecule has 0 saturated heterocycles. The van der Waals surface area contributed by atoms with Gasteiger partial charge < -0.3 is 10.1 Å². The van der Waals surface area contributed by atoms with Gasteiger partial charge in [0.25, 0.3) is 0 Å². The third kappa shape index (κ3) is 2.47. The van der Waals surface area contributed by atoms with Gasteiger partial charge in [0, 0.05) is 0 Å². The highest BCUT2D eigenvalue weighted by molar-refractivity contribution is 7.93. The molecule has 17 heavy (non-hydrogen) atoms. The molecule has 0 aliphatic carbocycles. The van der Waals surface area contributed by atoms with E-state index in [2.05, 4.69) is 19.9 Å². The van der Waals surface area contributed by atoms with Crippen LogP contribution in [0.15, 0.2) is 12.7 Å². The Bertz CT molecular complexity index is 664. The topological polar surface area (TPSA) is 138 Å². The van der Waals surface area contributed by atoms with Crippen LogP contribution in [-0.2, 0) is 14.8 Å².